The van der Waals surface area contributed by atoms with Crippen LogP contribution < -0.4 is 10.6 Å². The van der Waals surface area contributed by atoms with Gasteiger partial charge in [-0.05, 0) is 43.9 Å². The topological polar surface area (TPSA) is 70.6 Å². The van der Waals surface area contributed by atoms with Crippen LogP contribution in [0.15, 0.2) is 34.2 Å². The molecule has 0 bridgehead atoms. The van der Waals surface area contributed by atoms with Crippen molar-refractivity contribution in [1.29, 1.82) is 0 Å². The molecule has 0 aromatic heterocycles. The van der Waals surface area contributed by atoms with Crippen molar-refractivity contribution in [2.24, 2.45) is 10.9 Å². The summed E-state index contributed by atoms with van der Waals surface area (Å²) in [5.41, 5.74) is 0.983. The Kier molecular flexibility index (Phi) is 12.1. The van der Waals surface area contributed by atoms with E-state index in [-0.39, 0.29) is 24.0 Å². The fourth-order valence-corrected chi connectivity index (χ4v) is 3.10. The Morgan fingerprint density at radius 1 is 1.12 bits per heavy atom. The predicted octanol–water partition coefficient (Wildman–Crippen LogP) is 3.98. The summed E-state index contributed by atoms with van der Waals surface area (Å²) in [5.74, 6) is 1.54. The normalized spacial score (nSPS) is 13.2. The van der Waals surface area contributed by atoms with E-state index in [9.17, 15) is 8.42 Å². The Balaban J connectivity index is 0.00000625. The highest BCUT2D eigenvalue weighted by Gasteiger charge is 2.07. The van der Waals surface area contributed by atoms with Crippen LogP contribution in [0.2, 0.25) is 0 Å². The molecule has 26 heavy (non-hydrogen) atoms. The summed E-state index contributed by atoms with van der Waals surface area (Å²) in [6.07, 6.45) is 4.78. The van der Waals surface area contributed by atoms with Crippen molar-refractivity contribution in [2.45, 2.75) is 64.4 Å². The molecule has 150 valence electrons. The van der Waals surface area contributed by atoms with Gasteiger partial charge in [0.05, 0.1) is 11.4 Å². The van der Waals surface area contributed by atoms with Crippen molar-refractivity contribution < 1.29 is 8.42 Å². The zero-order valence-electron chi connectivity index (χ0n) is 16.6. The Labute approximate surface area is 176 Å². The van der Waals surface area contributed by atoms with E-state index >= 15 is 0 Å². The smallest absolute Gasteiger partial charge is 0.191 e. The summed E-state index contributed by atoms with van der Waals surface area (Å²) in [4.78, 5) is 4.94. The number of nitrogens with one attached hydrogen (secondary N) is 2. The first-order valence-electron chi connectivity index (χ1n) is 9.06. The van der Waals surface area contributed by atoms with Gasteiger partial charge in [-0.25, -0.2) is 13.4 Å². The lowest BCUT2D eigenvalue weighted by molar-refractivity contribution is 0.491. The molecule has 5 nitrogen and oxygen atoms in total. The standard InChI is InChI=1S/C19H33N3O2S.HI/c1-6-20-19(22-16(4)9-7-8-15(2)3)21-14-17-10-12-18(13-11-17)25(5,23)24;/h10-13,15-16H,6-9,14H2,1-5H3,(H2,20,21,22);1H. The van der Waals surface area contributed by atoms with Gasteiger partial charge in [0.1, 0.15) is 0 Å². The molecule has 0 saturated heterocycles. The summed E-state index contributed by atoms with van der Waals surface area (Å²) >= 11 is 0. The van der Waals surface area contributed by atoms with Crippen LogP contribution in [0, 0.1) is 5.92 Å². The van der Waals surface area contributed by atoms with Crippen LogP contribution in [0.25, 0.3) is 0 Å². The highest BCUT2D eigenvalue weighted by molar-refractivity contribution is 14.0. The first kappa shape index (κ1) is 25.2. The average molecular weight is 495 g/mol. The van der Waals surface area contributed by atoms with Gasteiger partial charge in [0.25, 0.3) is 0 Å². The second-order valence-electron chi connectivity index (χ2n) is 6.98. The Bertz CT molecular complexity index is 643. The summed E-state index contributed by atoms with van der Waals surface area (Å²) < 4.78 is 23.0. The van der Waals surface area contributed by atoms with E-state index in [0.29, 0.717) is 17.5 Å². The SMILES string of the molecule is CCNC(=NCc1ccc(S(C)(=O)=O)cc1)NC(C)CCCC(C)C.I. The van der Waals surface area contributed by atoms with Crippen molar-refractivity contribution in [3.05, 3.63) is 29.8 Å². The zero-order valence-corrected chi connectivity index (χ0v) is 19.7. The van der Waals surface area contributed by atoms with Gasteiger partial charge in [-0.15, -0.1) is 24.0 Å². The third-order valence-electron chi connectivity index (χ3n) is 3.92. The molecule has 1 rings (SSSR count). The van der Waals surface area contributed by atoms with Crippen LogP contribution in [0.4, 0.5) is 0 Å². The number of sulfone groups is 1. The van der Waals surface area contributed by atoms with E-state index in [1.165, 1.54) is 19.1 Å². The molecule has 0 saturated carbocycles. The quantitative estimate of drug-likeness (QED) is 0.309. The molecule has 0 radical (unpaired) electrons. The highest BCUT2D eigenvalue weighted by Crippen LogP contribution is 2.11. The molecule has 2 N–H and O–H groups in total. The van der Waals surface area contributed by atoms with Crippen molar-refractivity contribution in [3.8, 4) is 0 Å². The van der Waals surface area contributed by atoms with Crippen LogP contribution in [0.5, 0.6) is 0 Å². The Morgan fingerprint density at radius 2 is 1.73 bits per heavy atom. The minimum atomic E-state index is -3.15. The summed E-state index contributed by atoms with van der Waals surface area (Å²) in [6, 6.07) is 7.26. The zero-order chi connectivity index (χ0) is 18.9. The van der Waals surface area contributed by atoms with Crippen LogP contribution in [0.1, 0.15) is 52.5 Å². The highest BCUT2D eigenvalue weighted by atomic mass is 127. The van der Waals surface area contributed by atoms with Gasteiger partial charge in [0.15, 0.2) is 15.8 Å². The Morgan fingerprint density at radius 3 is 2.23 bits per heavy atom. The van der Waals surface area contributed by atoms with Crippen LogP contribution in [0.3, 0.4) is 0 Å². The monoisotopic (exact) mass is 495 g/mol. The summed E-state index contributed by atoms with van der Waals surface area (Å²) in [6.45, 7) is 10.0. The van der Waals surface area contributed by atoms with Crippen LogP contribution in [-0.2, 0) is 16.4 Å². The fourth-order valence-electron chi connectivity index (χ4n) is 2.47. The molecule has 7 heteroatoms. The van der Waals surface area contributed by atoms with E-state index in [1.54, 1.807) is 12.1 Å². The van der Waals surface area contributed by atoms with Crippen molar-refractivity contribution in [1.82, 2.24) is 10.6 Å². The number of rotatable bonds is 9. The first-order valence-corrected chi connectivity index (χ1v) is 10.9. The summed E-state index contributed by atoms with van der Waals surface area (Å²) in [5, 5.41) is 6.70. The average Bonchev–Trinajstić information content (AvgIpc) is 2.52. The number of benzene rings is 1. The van der Waals surface area contributed by atoms with Crippen molar-refractivity contribution in [2.75, 3.05) is 12.8 Å². The van der Waals surface area contributed by atoms with Gasteiger partial charge in [-0.2, -0.15) is 0 Å². The number of halogens is 1. The lowest BCUT2D eigenvalue weighted by Gasteiger charge is -2.18. The lowest BCUT2D eigenvalue weighted by atomic mass is 10.0. The van der Waals surface area contributed by atoms with E-state index in [4.69, 9.17) is 0 Å². The molecule has 0 heterocycles. The number of guanidine groups is 1. The maximum Gasteiger partial charge on any atom is 0.191 e. The first-order chi connectivity index (χ1) is 11.7. The van der Waals surface area contributed by atoms with E-state index in [1.807, 2.05) is 19.1 Å². The molecular weight excluding hydrogens is 461 g/mol. The van der Waals surface area contributed by atoms with Gasteiger partial charge >= 0.3 is 0 Å². The molecule has 0 aliphatic carbocycles. The largest absolute Gasteiger partial charge is 0.357 e. The third kappa shape index (κ3) is 10.4. The van der Waals surface area contributed by atoms with Gasteiger partial charge in [-0.3, -0.25) is 0 Å². The number of hydrogen-bond donors (Lipinski definition) is 2. The molecule has 0 amide bonds. The molecule has 1 unspecified atom stereocenters. The molecule has 1 aromatic rings. The van der Waals surface area contributed by atoms with Gasteiger partial charge < -0.3 is 10.6 Å². The molecule has 0 aliphatic heterocycles. The van der Waals surface area contributed by atoms with Gasteiger partial charge in [-0.1, -0.05) is 38.8 Å². The van der Waals surface area contributed by atoms with Crippen LogP contribution >= 0.6 is 24.0 Å². The number of nitrogens with zero attached hydrogens (tertiary/aromatic N) is 1. The minimum absolute atomic E-state index is 0. The molecule has 0 aliphatic rings. The van der Waals surface area contributed by atoms with Gasteiger partial charge in [0.2, 0.25) is 0 Å². The van der Waals surface area contributed by atoms with Crippen molar-refractivity contribution >= 4 is 39.8 Å². The van der Waals surface area contributed by atoms with E-state index in [2.05, 4.69) is 36.4 Å². The molecule has 0 spiro atoms. The minimum Gasteiger partial charge on any atom is -0.357 e. The molecule has 1 aromatic carbocycles. The number of hydrogen-bond acceptors (Lipinski definition) is 3. The summed E-state index contributed by atoms with van der Waals surface area (Å²) in [7, 11) is -3.15. The molecule has 0 fully saturated rings. The number of aliphatic imine (C=N–C) groups is 1. The predicted molar refractivity (Wildman–Crippen MR) is 121 cm³/mol. The van der Waals surface area contributed by atoms with E-state index in [0.717, 1.165) is 30.4 Å². The maximum atomic E-state index is 11.5. The maximum absolute atomic E-state index is 11.5. The van der Waals surface area contributed by atoms with Crippen LogP contribution in [-0.4, -0.2) is 33.2 Å². The third-order valence-corrected chi connectivity index (χ3v) is 5.05. The van der Waals surface area contributed by atoms with Gasteiger partial charge in [0, 0.05) is 18.8 Å². The molecule has 1 atom stereocenters. The second-order valence-corrected chi connectivity index (χ2v) is 9.00. The Hall–Kier alpha value is -0.830. The van der Waals surface area contributed by atoms with E-state index < -0.39 is 9.84 Å². The lowest BCUT2D eigenvalue weighted by Crippen LogP contribution is -2.42. The second kappa shape index (κ2) is 12.5. The molecular formula is C19H34IN3O2S. The van der Waals surface area contributed by atoms with Crippen molar-refractivity contribution in [3.63, 3.8) is 0 Å². The fraction of sp³-hybridized carbons (Fsp3) is 0.632.